The molecule has 0 bridgehead atoms. The van der Waals surface area contributed by atoms with Gasteiger partial charge >= 0.3 is 5.69 Å². The van der Waals surface area contributed by atoms with Crippen LogP contribution in [0.15, 0.2) is 46.6 Å². The number of non-ortho nitro benzene ring substituents is 1. The molecule has 126 valence electrons. The molecule has 0 aliphatic rings. The number of hydrogen-bond donors (Lipinski definition) is 2. The highest BCUT2D eigenvalue weighted by Gasteiger charge is 2.20. The van der Waals surface area contributed by atoms with Crippen LogP contribution in [0.3, 0.4) is 0 Å². The van der Waals surface area contributed by atoms with Gasteiger partial charge in [-0.15, -0.1) is 10.2 Å². The molecule has 0 spiro atoms. The van der Waals surface area contributed by atoms with Gasteiger partial charge in [-0.1, -0.05) is 11.6 Å². The van der Waals surface area contributed by atoms with Crippen LogP contribution >= 0.6 is 0 Å². The minimum Gasteiger partial charge on any atom is -0.493 e. The van der Waals surface area contributed by atoms with Crippen molar-refractivity contribution >= 4 is 33.7 Å². The second-order valence-corrected chi connectivity index (χ2v) is 5.26. The number of nitrogens with zero attached hydrogens (tertiary/aromatic N) is 4. The quantitative estimate of drug-likeness (QED) is 0.409. The van der Waals surface area contributed by atoms with Crippen LogP contribution in [0.25, 0.3) is 10.9 Å². The van der Waals surface area contributed by atoms with Gasteiger partial charge in [0, 0.05) is 11.5 Å². The van der Waals surface area contributed by atoms with E-state index in [0.717, 1.165) is 23.8 Å². The molecule has 3 rings (SSSR count). The van der Waals surface area contributed by atoms with Crippen molar-refractivity contribution in [2.75, 3.05) is 0 Å². The van der Waals surface area contributed by atoms with E-state index in [1.807, 2.05) is 13.0 Å². The van der Waals surface area contributed by atoms with Crippen molar-refractivity contribution in [3.63, 3.8) is 0 Å². The summed E-state index contributed by atoms with van der Waals surface area (Å²) in [7, 11) is 0. The summed E-state index contributed by atoms with van der Waals surface area (Å²) in [6.45, 7) is 1.87. The third-order valence-corrected chi connectivity index (χ3v) is 3.53. The fraction of sp³-hybridized carbons (Fsp3) is 0.0667. The maximum atomic E-state index is 11.1. The number of hydrogen-bond acceptors (Lipinski definition) is 7. The first-order valence-corrected chi connectivity index (χ1v) is 7.02. The van der Waals surface area contributed by atoms with Crippen molar-refractivity contribution in [2.24, 2.45) is 10.2 Å². The first-order chi connectivity index (χ1) is 11.9. The van der Waals surface area contributed by atoms with E-state index < -0.39 is 21.2 Å². The largest absolute Gasteiger partial charge is 0.493 e. The lowest BCUT2D eigenvalue weighted by molar-refractivity contribution is -0.393. The predicted octanol–water partition coefficient (Wildman–Crippen LogP) is 4.41. The van der Waals surface area contributed by atoms with Crippen molar-refractivity contribution in [1.82, 2.24) is 4.98 Å². The number of fused-ring (bicyclic) bond motifs is 1. The van der Waals surface area contributed by atoms with Gasteiger partial charge < -0.3 is 10.1 Å². The van der Waals surface area contributed by atoms with Gasteiger partial charge in [-0.3, -0.25) is 20.2 Å². The first kappa shape index (κ1) is 16.1. The average Bonchev–Trinajstić information content (AvgIpc) is 2.87. The number of aromatic nitrogens is 1. The summed E-state index contributed by atoms with van der Waals surface area (Å²) in [5.74, 6) is -0.228. The molecule has 0 radical (unpaired) electrons. The molecule has 3 aromatic rings. The second kappa shape index (κ2) is 6.00. The smallest absolute Gasteiger partial charge is 0.303 e. The number of aromatic amines is 1. The summed E-state index contributed by atoms with van der Waals surface area (Å²) in [5, 5.41) is 40.1. The summed E-state index contributed by atoms with van der Waals surface area (Å²) in [5.41, 5.74) is 0.576. The Bertz CT molecular complexity index is 1040. The normalized spacial score (nSPS) is 11.2. The molecule has 0 saturated carbocycles. The number of aromatic hydroxyl groups is 1. The van der Waals surface area contributed by atoms with Gasteiger partial charge in [0.25, 0.3) is 5.69 Å². The summed E-state index contributed by atoms with van der Waals surface area (Å²) in [6, 6.07) is 8.44. The van der Waals surface area contributed by atoms with E-state index in [4.69, 9.17) is 0 Å². The van der Waals surface area contributed by atoms with Crippen molar-refractivity contribution < 1.29 is 15.0 Å². The zero-order chi connectivity index (χ0) is 18.1. The van der Waals surface area contributed by atoms with Crippen LogP contribution in [0.1, 0.15) is 5.56 Å². The minimum atomic E-state index is -0.777. The Hall–Kier alpha value is -3.82. The van der Waals surface area contributed by atoms with Crippen LogP contribution in [-0.4, -0.2) is 19.9 Å². The minimum absolute atomic E-state index is 0.131. The summed E-state index contributed by atoms with van der Waals surface area (Å²) >= 11 is 0. The molecule has 10 heteroatoms. The van der Waals surface area contributed by atoms with Crippen molar-refractivity contribution in [2.45, 2.75) is 6.92 Å². The molecule has 1 heterocycles. The Morgan fingerprint density at radius 3 is 2.48 bits per heavy atom. The average molecular weight is 341 g/mol. The van der Waals surface area contributed by atoms with Crippen LogP contribution in [0, 0.1) is 27.2 Å². The molecule has 2 aromatic carbocycles. The van der Waals surface area contributed by atoms with Crippen LogP contribution < -0.4 is 0 Å². The number of rotatable bonds is 4. The Labute approximate surface area is 139 Å². The number of nitrogens with one attached hydrogen (secondary N) is 1. The Kier molecular flexibility index (Phi) is 3.85. The third-order valence-electron chi connectivity index (χ3n) is 3.53. The van der Waals surface area contributed by atoms with E-state index in [2.05, 4.69) is 15.2 Å². The SMILES string of the molecule is Cc1ccc2[nH]c(O)c(N=Nc3ccc([N+](=O)[O-])cc3[N+](=O)[O-])c2c1. The van der Waals surface area contributed by atoms with Gasteiger partial charge in [-0.25, -0.2) is 0 Å². The number of nitro benzene ring substituents is 2. The van der Waals surface area contributed by atoms with Gasteiger partial charge in [-0.2, -0.15) is 0 Å². The molecule has 2 N–H and O–H groups in total. The maximum absolute atomic E-state index is 11.1. The first-order valence-electron chi connectivity index (χ1n) is 7.02. The molecular formula is C15H11N5O5. The summed E-state index contributed by atoms with van der Waals surface area (Å²) in [4.78, 5) is 23.1. The van der Waals surface area contributed by atoms with E-state index in [-0.39, 0.29) is 17.3 Å². The number of aryl methyl sites for hydroxylation is 1. The fourth-order valence-corrected chi connectivity index (χ4v) is 2.34. The molecule has 10 nitrogen and oxygen atoms in total. The van der Waals surface area contributed by atoms with E-state index in [9.17, 15) is 25.3 Å². The highest BCUT2D eigenvalue weighted by molar-refractivity contribution is 5.94. The van der Waals surface area contributed by atoms with E-state index in [0.29, 0.717) is 10.9 Å². The van der Waals surface area contributed by atoms with Crippen molar-refractivity contribution in [1.29, 1.82) is 0 Å². The number of azo groups is 1. The lowest BCUT2D eigenvalue weighted by Gasteiger charge is -1.97. The fourth-order valence-electron chi connectivity index (χ4n) is 2.34. The third kappa shape index (κ3) is 3.00. The highest BCUT2D eigenvalue weighted by atomic mass is 16.6. The summed E-state index contributed by atoms with van der Waals surface area (Å²) < 4.78 is 0. The molecule has 0 saturated heterocycles. The van der Waals surface area contributed by atoms with E-state index in [1.54, 1.807) is 12.1 Å². The van der Waals surface area contributed by atoms with Gasteiger partial charge in [0.1, 0.15) is 0 Å². The van der Waals surface area contributed by atoms with E-state index in [1.165, 1.54) is 0 Å². The molecule has 1 aromatic heterocycles. The second-order valence-electron chi connectivity index (χ2n) is 5.26. The predicted molar refractivity (Wildman–Crippen MR) is 88.6 cm³/mol. The van der Waals surface area contributed by atoms with Crippen LogP contribution in [0.5, 0.6) is 5.88 Å². The Morgan fingerprint density at radius 1 is 1.04 bits per heavy atom. The lowest BCUT2D eigenvalue weighted by Crippen LogP contribution is -1.92. The standard InChI is InChI=1S/C15H11N5O5/c1-8-2-4-11-10(6-8)14(15(21)16-11)18-17-12-5-3-9(19(22)23)7-13(12)20(24)25/h2-7,16,21H,1H3. The van der Waals surface area contributed by atoms with E-state index >= 15 is 0 Å². The van der Waals surface area contributed by atoms with Crippen LogP contribution in [-0.2, 0) is 0 Å². The number of H-pyrrole nitrogens is 1. The van der Waals surface area contributed by atoms with Gasteiger partial charge in [0.05, 0.1) is 21.4 Å². The van der Waals surface area contributed by atoms with Gasteiger partial charge in [-0.05, 0) is 25.1 Å². The lowest BCUT2D eigenvalue weighted by atomic mass is 10.1. The molecule has 0 atom stereocenters. The summed E-state index contributed by atoms with van der Waals surface area (Å²) in [6.07, 6.45) is 0. The molecule has 0 unspecified atom stereocenters. The number of benzene rings is 2. The Balaban J connectivity index is 2.08. The van der Waals surface area contributed by atoms with Crippen molar-refractivity contribution in [3.8, 4) is 5.88 Å². The molecule has 25 heavy (non-hydrogen) atoms. The molecule has 0 aliphatic heterocycles. The monoisotopic (exact) mass is 341 g/mol. The zero-order valence-corrected chi connectivity index (χ0v) is 12.8. The topological polar surface area (TPSA) is 147 Å². The molecule has 0 aliphatic carbocycles. The number of nitro groups is 2. The van der Waals surface area contributed by atoms with Crippen LogP contribution in [0.2, 0.25) is 0 Å². The zero-order valence-electron chi connectivity index (χ0n) is 12.8. The molecule has 0 fully saturated rings. The van der Waals surface area contributed by atoms with Crippen molar-refractivity contribution in [3.05, 3.63) is 62.2 Å². The Morgan fingerprint density at radius 2 is 1.80 bits per heavy atom. The van der Waals surface area contributed by atoms with Gasteiger partial charge in [0.15, 0.2) is 11.4 Å². The molecular weight excluding hydrogens is 330 g/mol. The van der Waals surface area contributed by atoms with Crippen LogP contribution in [0.4, 0.5) is 22.7 Å². The van der Waals surface area contributed by atoms with Gasteiger partial charge in [0.2, 0.25) is 5.88 Å². The molecule has 0 amide bonds. The maximum Gasteiger partial charge on any atom is 0.303 e. The highest BCUT2D eigenvalue weighted by Crippen LogP contribution is 2.38.